The summed E-state index contributed by atoms with van der Waals surface area (Å²) < 4.78 is 6.83. The van der Waals surface area contributed by atoms with Crippen molar-refractivity contribution < 1.29 is 19.4 Å². The number of ether oxygens (including phenoxy) is 1. The number of carboxylic acid groups (broad SMARTS) is 1. The van der Waals surface area contributed by atoms with Crippen molar-refractivity contribution >= 4 is 40.7 Å². The van der Waals surface area contributed by atoms with E-state index in [0.29, 0.717) is 21.8 Å². The molecule has 3 rings (SSSR count). The van der Waals surface area contributed by atoms with Gasteiger partial charge in [-0.15, -0.1) is 0 Å². The number of benzene rings is 2. The van der Waals surface area contributed by atoms with Gasteiger partial charge >= 0.3 is 0 Å². The van der Waals surface area contributed by atoms with Crippen molar-refractivity contribution in [2.75, 3.05) is 11.9 Å². The first-order chi connectivity index (χ1) is 17.1. The molecule has 6 N–H and O–H groups in total. The molecule has 1 heterocycles. The highest BCUT2D eigenvalue weighted by molar-refractivity contribution is 6.31. The molecule has 190 valence electrons. The van der Waals surface area contributed by atoms with Gasteiger partial charge in [0.15, 0.2) is 0 Å². The Morgan fingerprint density at radius 1 is 1.17 bits per heavy atom. The van der Waals surface area contributed by atoms with E-state index in [2.05, 4.69) is 10.6 Å². The zero-order chi connectivity index (χ0) is 26.7. The van der Waals surface area contributed by atoms with Gasteiger partial charge in [0.1, 0.15) is 11.5 Å². The summed E-state index contributed by atoms with van der Waals surface area (Å²) in [5, 5.41) is 21.1. The van der Waals surface area contributed by atoms with Gasteiger partial charge in [-0.3, -0.25) is 24.4 Å². The number of nitrogens with two attached hydrogens (primary N) is 1. The van der Waals surface area contributed by atoms with Crippen LogP contribution in [0.25, 0.3) is 0 Å². The molecule has 1 atom stereocenters. The number of nitrogen functional groups attached to an aromatic ring is 1. The van der Waals surface area contributed by atoms with Crippen LogP contribution in [-0.2, 0) is 20.9 Å². The molecule has 0 aliphatic carbocycles. The van der Waals surface area contributed by atoms with E-state index < -0.39 is 23.7 Å². The average Bonchev–Trinajstić information content (AvgIpc) is 2.83. The number of aliphatic carboxylic acids is 1. The Morgan fingerprint density at radius 2 is 1.83 bits per heavy atom. The number of hydrogen-bond acceptors (Lipinski definition) is 6. The molecule has 11 heteroatoms. The highest BCUT2D eigenvalue weighted by Gasteiger charge is 2.23. The molecule has 1 amide bonds. The Kier molecular flexibility index (Phi) is 10.7. The number of carboxylic acids is 1. The number of amides is 1. The van der Waals surface area contributed by atoms with Crippen molar-refractivity contribution in [3.05, 3.63) is 93.4 Å². The quantitative estimate of drug-likeness (QED) is 0.216. The number of carbonyl (C=O) groups is 2. The molecule has 36 heavy (non-hydrogen) atoms. The van der Waals surface area contributed by atoms with Crippen LogP contribution in [0.15, 0.2) is 71.7 Å². The lowest BCUT2D eigenvalue weighted by atomic mass is 10.1. The van der Waals surface area contributed by atoms with Crippen molar-refractivity contribution in [3.63, 3.8) is 0 Å². The molecule has 0 spiro atoms. The number of nitrogens with zero attached hydrogens (tertiary/aromatic N) is 1. The third-order valence-electron chi connectivity index (χ3n) is 4.65. The molecule has 1 aromatic heterocycles. The van der Waals surface area contributed by atoms with Crippen LogP contribution in [0.2, 0.25) is 5.02 Å². The second kappa shape index (κ2) is 13.7. The molecule has 3 aromatic rings. The summed E-state index contributed by atoms with van der Waals surface area (Å²) in [5.74, 6) is -1.42. The van der Waals surface area contributed by atoms with Crippen molar-refractivity contribution in [1.82, 2.24) is 9.88 Å². The van der Waals surface area contributed by atoms with E-state index in [4.69, 9.17) is 37.4 Å². The molecule has 0 fully saturated rings. The van der Waals surface area contributed by atoms with Gasteiger partial charge in [-0.1, -0.05) is 41.9 Å². The van der Waals surface area contributed by atoms with E-state index >= 15 is 0 Å². The topological polar surface area (TPSA) is 160 Å². The van der Waals surface area contributed by atoms with E-state index in [0.717, 1.165) is 12.6 Å². The maximum absolute atomic E-state index is 13.0. The van der Waals surface area contributed by atoms with E-state index in [9.17, 15) is 9.59 Å². The molecular formula is C25H28ClN5O5. The normalized spacial score (nSPS) is 11.0. The number of halogens is 1. The zero-order valence-corrected chi connectivity index (χ0v) is 20.6. The Morgan fingerprint density at radius 3 is 2.42 bits per heavy atom. The van der Waals surface area contributed by atoms with Crippen LogP contribution < -0.4 is 21.9 Å². The Balaban J connectivity index is 0.00000106. The zero-order valence-electron chi connectivity index (χ0n) is 19.8. The lowest BCUT2D eigenvalue weighted by Crippen LogP contribution is -2.38. The monoisotopic (exact) mass is 513 g/mol. The molecule has 0 saturated carbocycles. The minimum atomic E-state index is -1.15. The standard InChI is InChI=1S/C23H24ClN5O3.C2H4O2/c1-2-32-23(21(30)27-14-16-11-10-15(20(25)26)13-18(16)24)29-12-6-9-19(22(29)31)28-17-7-4-3-5-8-17;1-2(3)4/h3-13,23,28H,2,14H2,1H3,(H3,25,26)(H,27,30);1H3,(H,3,4). The number of hydrogen-bond donors (Lipinski definition) is 5. The average molecular weight is 514 g/mol. The minimum Gasteiger partial charge on any atom is -0.481 e. The van der Waals surface area contributed by atoms with E-state index in [-0.39, 0.29) is 19.0 Å². The molecule has 0 aliphatic heterocycles. The van der Waals surface area contributed by atoms with Gasteiger partial charge < -0.3 is 26.2 Å². The molecule has 0 aliphatic rings. The molecule has 0 radical (unpaired) electrons. The highest BCUT2D eigenvalue weighted by atomic mass is 35.5. The number of nitrogens with one attached hydrogen (secondary N) is 3. The summed E-state index contributed by atoms with van der Waals surface area (Å²) in [6.45, 7) is 3.18. The van der Waals surface area contributed by atoms with Crippen LogP contribution in [-0.4, -0.2) is 34.0 Å². The lowest BCUT2D eigenvalue weighted by molar-refractivity contribution is -0.139. The van der Waals surface area contributed by atoms with Gasteiger partial charge in [0, 0.05) is 42.5 Å². The predicted octanol–water partition coefficient (Wildman–Crippen LogP) is 3.47. The maximum Gasteiger partial charge on any atom is 0.300 e. The van der Waals surface area contributed by atoms with Gasteiger partial charge in [0.25, 0.3) is 17.4 Å². The minimum absolute atomic E-state index is 0.0951. The second-order valence-electron chi connectivity index (χ2n) is 7.39. The summed E-state index contributed by atoms with van der Waals surface area (Å²) in [6.07, 6.45) is 0.354. The summed E-state index contributed by atoms with van der Waals surface area (Å²) in [7, 11) is 0. The molecule has 0 bridgehead atoms. The van der Waals surface area contributed by atoms with Crippen LogP contribution in [0.1, 0.15) is 31.2 Å². The number of para-hydroxylation sites is 1. The van der Waals surface area contributed by atoms with Gasteiger partial charge in [-0.25, -0.2) is 0 Å². The number of carbonyl (C=O) groups excluding carboxylic acids is 1. The SMILES string of the molecule is CC(=O)O.CCOC(C(=O)NCc1ccc(C(=N)N)cc1Cl)n1cccc(Nc2ccccc2)c1=O. The Bertz CT molecular complexity index is 1260. The number of pyridine rings is 1. The molecule has 0 saturated heterocycles. The van der Waals surface area contributed by atoms with Crippen molar-refractivity contribution in [2.24, 2.45) is 5.73 Å². The molecular weight excluding hydrogens is 486 g/mol. The number of amidine groups is 1. The van der Waals surface area contributed by atoms with Crippen LogP contribution in [0.3, 0.4) is 0 Å². The van der Waals surface area contributed by atoms with Gasteiger partial charge in [-0.2, -0.15) is 0 Å². The first-order valence-electron chi connectivity index (χ1n) is 10.9. The fraction of sp³-hybridized carbons (Fsp3) is 0.200. The number of rotatable bonds is 9. The summed E-state index contributed by atoms with van der Waals surface area (Å²) >= 11 is 6.24. The fourth-order valence-electron chi connectivity index (χ4n) is 3.03. The number of anilines is 2. The lowest BCUT2D eigenvalue weighted by Gasteiger charge is -2.20. The molecule has 1 unspecified atom stereocenters. The van der Waals surface area contributed by atoms with Crippen LogP contribution in [0, 0.1) is 5.41 Å². The smallest absolute Gasteiger partial charge is 0.300 e. The molecule has 2 aromatic carbocycles. The largest absolute Gasteiger partial charge is 0.481 e. The second-order valence-corrected chi connectivity index (χ2v) is 7.80. The van der Waals surface area contributed by atoms with Gasteiger partial charge in [0.05, 0.1) is 0 Å². The van der Waals surface area contributed by atoms with Crippen molar-refractivity contribution in [3.8, 4) is 0 Å². The van der Waals surface area contributed by atoms with Gasteiger partial charge in [-0.05, 0) is 42.8 Å². The number of aromatic nitrogens is 1. The fourth-order valence-corrected chi connectivity index (χ4v) is 3.28. The highest BCUT2D eigenvalue weighted by Crippen LogP contribution is 2.19. The van der Waals surface area contributed by atoms with Crippen LogP contribution in [0.4, 0.5) is 11.4 Å². The van der Waals surface area contributed by atoms with E-state index in [1.54, 1.807) is 37.3 Å². The van der Waals surface area contributed by atoms with Crippen molar-refractivity contribution in [2.45, 2.75) is 26.6 Å². The summed E-state index contributed by atoms with van der Waals surface area (Å²) in [5.41, 5.74) is 7.28. The van der Waals surface area contributed by atoms with E-state index in [1.807, 2.05) is 30.3 Å². The van der Waals surface area contributed by atoms with Crippen LogP contribution >= 0.6 is 11.6 Å². The van der Waals surface area contributed by atoms with E-state index in [1.165, 1.54) is 10.8 Å². The third kappa shape index (κ3) is 8.26. The van der Waals surface area contributed by atoms with Crippen molar-refractivity contribution in [1.29, 1.82) is 5.41 Å². The predicted molar refractivity (Wildman–Crippen MR) is 139 cm³/mol. The first-order valence-corrected chi connectivity index (χ1v) is 11.3. The van der Waals surface area contributed by atoms with Crippen LogP contribution in [0.5, 0.6) is 0 Å². The van der Waals surface area contributed by atoms with Gasteiger partial charge in [0.2, 0.25) is 6.23 Å². The Labute approximate surface area is 213 Å². The first kappa shape index (κ1) is 28.1. The third-order valence-corrected chi connectivity index (χ3v) is 5.00. The summed E-state index contributed by atoms with van der Waals surface area (Å²) in [6, 6.07) is 17.5. The maximum atomic E-state index is 13.0. The summed E-state index contributed by atoms with van der Waals surface area (Å²) in [4.78, 5) is 34.9. The molecule has 10 nitrogen and oxygen atoms in total. The Hall–Kier alpha value is -4.15.